The van der Waals surface area contributed by atoms with Crippen LogP contribution >= 0.6 is 11.8 Å². The molecule has 3 atom stereocenters. The first-order valence-corrected chi connectivity index (χ1v) is 9.86. The van der Waals surface area contributed by atoms with Crippen molar-refractivity contribution in [3.05, 3.63) is 0 Å². The summed E-state index contributed by atoms with van der Waals surface area (Å²) in [5, 5.41) is 9.28. The molecular weight excluding hydrogens is 330 g/mol. The highest BCUT2D eigenvalue weighted by molar-refractivity contribution is 8.00. The lowest BCUT2D eigenvalue weighted by Gasteiger charge is -2.16. The van der Waals surface area contributed by atoms with Crippen LogP contribution in [0.3, 0.4) is 0 Å². The Morgan fingerprint density at radius 3 is 2.92 bits per heavy atom. The molecule has 2 fully saturated rings. The standard InChI is InChI=1S/C16H29N3O4S/c1-2-22-9-10-23-8-7-17-14(20)6-4-3-5-13-15-12(11-24-13)18-16(21)19-15/h12-13,15H,2-11H2,1H3,(H,17,20)(H2,18,19,21)/t12-,13-,15-/m0/s1. The van der Waals surface area contributed by atoms with E-state index in [4.69, 9.17) is 9.47 Å². The number of urea groups is 1. The summed E-state index contributed by atoms with van der Waals surface area (Å²) >= 11 is 1.92. The molecule has 8 heteroatoms. The van der Waals surface area contributed by atoms with Crippen molar-refractivity contribution < 1.29 is 19.1 Å². The molecule has 0 aromatic rings. The Morgan fingerprint density at radius 1 is 1.25 bits per heavy atom. The van der Waals surface area contributed by atoms with Gasteiger partial charge in [0.25, 0.3) is 0 Å². The average molecular weight is 359 g/mol. The zero-order valence-corrected chi connectivity index (χ0v) is 15.2. The molecule has 0 radical (unpaired) electrons. The molecule has 0 aromatic carbocycles. The number of thioether (sulfide) groups is 1. The van der Waals surface area contributed by atoms with Gasteiger partial charge in [0.2, 0.25) is 5.91 Å². The summed E-state index contributed by atoms with van der Waals surface area (Å²) in [6.45, 7) is 4.88. The Bertz CT molecular complexity index is 411. The van der Waals surface area contributed by atoms with E-state index in [-0.39, 0.29) is 24.0 Å². The predicted octanol–water partition coefficient (Wildman–Crippen LogP) is 0.882. The number of nitrogens with one attached hydrogen (secondary N) is 3. The van der Waals surface area contributed by atoms with Crippen molar-refractivity contribution in [1.29, 1.82) is 0 Å². The second kappa shape index (κ2) is 10.8. The van der Waals surface area contributed by atoms with Crippen molar-refractivity contribution in [1.82, 2.24) is 16.0 Å². The van der Waals surface area contributed by atoms with E-state index in [9.17, 15) is 9.59 Å². The van der Waals surface area contributed by atoms with Crippen LogP contribution < -0.4 is 16.0 Å². The molecule has 0 aromatic heterocycles. The molecule has 0 saturated carbocycles. The minimum atomic E-state index is -0.0434. The van der Waals surface area contributed by atoms with Crippen LogP contribution in [0.2, 0.25) is 0 Å². The van der Waals surface area contributed by atoms with Crippen LogP contribution in [-0.4, -0.2) is 68.0 Å². The molecule has 138 valence electrons. The molecule has 0 unspecified atom stereocenters. The van der Waals surface area contributed by atoms with E-state index in [1.807, 2.05) is 18.7 Å². The number of amides is 3. The summed E-state index contributed by atoms with van der Waals surface area (Å²) in [5.74, 6) is 1.06. The van der Waals surface area contributed by atoms with Crippen LogP contribution in [0.1, 0.15) is 32.6 Å². The molecule has 2 rings (SSSR count). The maximum absolute atomic E-state index is 11.7. The molecule has 0 spiro atoms. The number of carbonyl (C=O) groups excluding carboxylic acids is 2. The van der Waals surface area contributed by atoms with Gasteiger partial charge in [-0.15, -0.1) is 0 Å². The van der Waals surface area contributed by atoms with Crippen molar-refractivity contribution in [2.45, 2.75) is 49.9 Å². The molecule has 2 heterocycles. The van der Waals surface area contributed by atoms with Crippen LogP contribution in [-0.2, 0) is 14.3 Å². The SMILES string of the molecule is CCOCCOCCNC(=O)CCCC[C@@H]1SC[C@@H]2NC(=O)N[C@@H]21. The average Bonchev–Trinajstić information content (AvgIpc) is 3.10. The second-order valence-electron chi connectivity index (χ2n) is 6.03. The number of rotatable bonds is 12. The Balaban J connectivity index is 1.43. The van der Waals surface area contributed by atoms with Gasteiger partial charge in [0.15, 0.2) is 0 Å². The third-order valence-electron chi connectivity index (χ3n) is 4.23. The van der Waals surface area contributed by atoms with E-state index >= 15 is 0 Å². The lowest BCUT2D eigenvalue weighted by molar-refractivity contribution is -0.121. The van der Waals surface area contributed by atoms with Crippen molar-refractivity contribution in [3.8, 4) is 0 Å². The summed E-state index contributed by atoms with van der Waals surface area (Å²) in [6, 6.07) is 0.488. The lowest BCUT2D eigenvalue weighted by atomic mass is 10.0. The molecule has 24 heavy (non-hydrogen) atoms. The van der Waals surface area contributed by atoms with Gasteiger partial charge in [0.05, 0.1) is 31.9 Å². The zero-order valence-electron chi connectivity index (χ0n) is 14.3. The number of ether oxygens (including phenoxy) is 2. The van der Waals surface area contributed by atoms with Gasteiger partial charge in [-0.25, -0.2) is 4.79 Å². The quantitative estimate of drug-likeness (QED) is 0.356. The Hall–Kier alpha value is -0.990. The van der Waals surface area contributed by atoms with Gasteiger partial charge in [0.1, 0.15) is 0 Å². The van der Waals surface area contributed by atoms with Crippen molar-refractivity contribution >= 4 is 23.7 Å². The van der Waals surface area contributed by atoms with Gasteiger partial charge in [-0.1, -0.05) is 6.42 Å². The first kappa shape index (κ1) is 19.3. The number of carbonyl (C=O) groups is 2. The Labute approximate surface area is 148 Å². The second-order valence-corrected chi connectivity index (χ2v) is 7.30. The van der Waals surface area contributed by atoms with Crippen LogP contribution in [0.25, 0.3) is 0 Å². The summed E-state index contributed by atoms with van der Waals surface area (Å²) in [6.07, 6.45) is 3.48. The van der Waals surface area contributed by atoms with Gasteiger partial charge in [-0.2, -0.15) is 11.8 Å². The fourth-order valence-electron chi connectivity index (χ4n) is 2.99. The van der Waals surface area contributed by atoms with E-state index < -0.39 is 0 Å². The van der Waals surface area contributed by atoms with Gasteiger partial charge >= 0.3 is 6.03 Å². The van der Waals surface area contributed by atoms with Crippen LogP contribution in [0.4, 0.5) is 4.79 Å². The Kier molecular flexibility index (Phi) is 8.69. The smallest absolute Gasteiger partial charge is 0.315 e. The van der Waals surface area contributed by atoms with E-state index in [0.717, 1.165) is 25.0 Å². The first-order valence-electron chi connectivity index (χ1n) is 8.81. The number of hydrogen-bond donors (Lipinski definition) is 3. The minimum absolute atomic E-state index is 0.0434. The summed E-state index contributed by atoms with van der Waals surface area (Å²) in [5.41, 5.74) is 0. The van der Waals surface area contributed by atoms with Crippen LogP contribution in [0.15, 0.2) is 0 Å². The van der Waals surface area contributed by atoms with E-state index in [1.165, 1.54) is 0 Å². The number of fused-ring (bicyclic) bond motifs is 1. The maximum atomic E-state index is 11.7. The largest absolute Gasteiger partial charge is 0.379 e. The molecule has 3 amide bonds. The number of hydrogen-bond acceptors (Lipinski definition) is 5. The van der Waals surface area contributed by atoms with Crippen LogP contribution in [0, 0.1) is 0 Å². The minimum Gasteiger partial charge on any atom is -0.379 e. The van der Waals surface area contributed by atoms with E-state index in [1.54, 1.807) is 0 Å². The fourth-order valence-corrected chi connectivity index (χ4v) is 4.53. The Morgan fingerprint density at radius 2 is 2.08 bits per heavy atom. The van der Waals surface area contributed by atoms with Gasteiger partial charge in [-0.3, -0.25) is 4.79 Å². The van der Waals surface area contributed by atoms with Gasteiger partial charge in [-0.05, 0) is 19.8 Å². The molecule has 2 aliphatic rings. The molecule has 7 nitrogen and oxygen atoms in total. The molecular formula is C16H29N3O4S. The fraction of sp³-hybridized carbons (Fsp3) is 0.875. The predicted molar refractivity (Wildman–Crippen MR) is 94.3 cm³/mol. The topological polar surface area (TPSA) is 88.7 Å². The number of unbranched alkanes of at least 4 members (excludes halogenated alkanes) is 1. The normalized spacial score (nSPS) is 25.2. The van der Waals surface area contributed by atoms with Crippen LogP contribution in [0.5, 0.6) is 0 Å². The highest BCUT2D eigenvalue weighted by atomic mass is 32.2. The maximum Gasteiger partial charge on any atom is 0.315 e. The highest BCUT2D eigenvalue weighted by Crippen LogP contribution is 2.33. The monoisotopic (exact) mass is 359 g/mol. The third-order valence-corrected chi connectivity index (χ3v) is 5.73. The lowest BCUT2D eigenvalue weighted by Crippen LogP contribution is -2.36. The molecule has 2 saturated heterocycles. The van der Waals surface area contributed by atoms with Gasteiger partial charge in [0, 0.05) is 30.6 Å². The highest BCUT2D eigenvalue weighted by Gasteiger charge is 2.42. The van der Waals surface area contributed by atoms with E-state index in [2.05, 4.69) is 16.0 Å². The summed E-state index contributed by atoms with van der Waals surface area (Å²) in [4.78, 5) is 23.1. The molecule has 0 bridgehead atoms. The molecule has 2 aliphatic heterocycles. The van der Waals surface area contributed by atoms with E-state index in [0.29, 0.717) is 44.6 Å². The summed E-state index contributed by atoms with van der Waals surface area (Å²) < 4.78 is 10.5. The zero-order chi connectivity index (χ0) is 17.2. The van der Waals surface area contributed by atoms with Crippen molar-refractivity contribution in [2.75, 3.05) is 38.7 Å². The first-order chi connectivity index (χ1) is 11.7. The molecule has 0 aliphatic carbocycles. The van der Waals surface area contributed by atoms with Crippen molar-refractivity contribution in [2.24, 2.45) is 0 Å². The third kappa shape index (κ3) is 6.49. The summed E-state index contributed by atoms with van der Waals surface area (Å²) in [7, 11) is 0. The van der Waals surface area contributed by atoms with Crippen molar-refractivity contribution in [3.63, 3.8) is 0 Å². The van der Waals surface area contributed by atoms with Gasteiger partial charge < -0.3 is 25.4 Å². The molecule has 3 N–H and O–H groups in total.